The number of likely N-dealkylation sites (tertiary alicyclic amines) is 1. The molecule has 0 aliphatic carbocycles. The van der Waals surface area contributed by atoms with E-state index in [4.69, 9.17) is 4.74 Å². The Hall–Kier alpha value is -1.55. The molecule has 1 spiro atoms. The van der Waals surface area contributed by atoms with Crippen LogP contribution in [0.4, 0.5) is 0 Å². The first-order valence-corrected chi connectivity index (χ1v) is 8.96. The monoisotopic (exact) mass is 314 g/mol. The van der Waals surface area contributed by atoms with E-state index in [9.17, 15) is 4.79 Å². The van der Waals surface area contributed by atoms with Gasteiger partial charge in [0.25, 0.3) is 0 Å². The summed E-state index contributed by atoms with van der Waals surface area (Å²) in [5, 5.41) is 3.44. The summed E-state index contributed by atoms with van der Waals surface area (Å²) in [6, 6.07) is 8.15. The maximum Gasteiger partial charge on any atom is 0.226 e. The van der Waals surface area contributed by atoms with Crippen LogP contribution in [0.1, 0.15) is 31.2 Å². The van der Waals surface area contributed by atoms with Crippen LogP contribution in [0.15, 0.2) is 24.3 Å². The van der Waals surface area contributed by atoms with Crippen molar-refractivity contribution in [2.75, 3.05) is 32.8 Å². The fraction of sp³-hybridized carbons (Fsp3) is 0.632. The molecule has 2 fully saturated rings. The highest BCUT2D eigenvalue weighted by Gasteiger charge is 2.42. The molecular formula is C19H26N2O2. The minimum atomic E-state index is 0.0792. The van der Waals surface area contributed by atoms with Crippen LogP contribution < -0.4 is 10.1 Å². The number of ether oxygens (including phenoxy) is 1. The lowest BCUT2D eigenvalue weighted by molar-refractivity contribution is -0.135. The fourth-order valence-electron chi connectivity index (χ4n) is 4.45. The number of carbonyl (C=O) groups is 1. The molecule has 0 radical (unpaired) electrons. The highest BCUT2D eigenvalue weighted by molar-refractivity contribution is 5.79. The van der Waals surface area contributed by atoms with Gasteiger partial charge in [-0.25, -0.2) is 0 Å². The summed E-state index contributed by atoms with van der Waals surface area (Å²) in [6.45, 7) is 4.76. The molecule has 1 N–H and O–H groups in total. The average Bonchev–Trinajstić information content (AvgIpc) is 2.86. The van der Waals surface area contributed by atoms with Gasteiger partial charge in [0.15, 0.2) is 0 Å². The van der Waals surface area contributed by atoms with Crippen molar-refractivity contribution in [2.45, 2.75) is 32.1 Å². The molecule has 1 unspecified atom stereocenters. The van der Waals surface area contributed by atoms with Crippen LogP contribution >= 0.6 is 0 Å². The van der Waals surface area contributed by atoms with Crippen LogP contribution in [0.3, 0.4) is 0 Å². The van der Waals surface area contributed by atoms with Gasteiger partial charge >= 0.3 is 0 Å². The zero-order valence-corrected chi connectivity index (χ0v) is 13.7. The number of benzene rings is 1. The summed E-state index contributed by atoms with van der Waals surface area (Å²) in [6.07, 6.45) is 5.26. The maximum absolute atomic E-state index is 13.0. The van der Waals surface area contributed by atoms with Crippen LogP contribution in [0.25, 0.3) is 0 Å². The molecule has 124 valence electrons. The van der Waals surface area contributed by atoms with E-state index >= 15 is 0 Å². The van der Waals surface area contributed by atoms with Gasteiger partial charge in [0.05, 0.1) is 6.61 Å². The molecule has 4 heteroatoms. The van der Waals surface area contributed by atoms with Crippen molar-refractivity contribution in [3.05, 3.63) is 29.8 Å². The number of nitrogens with one attached hydrogen (secondary N) is 1. The van der Waals surface area contributed by atoms with Gasteiger partial charge in [0.2, 0.25) is 5.91 Å². The third kappa shape index (κ3) is 2.97. The smallest absolute Gasteiger partial charge is 0.226 e. The number of amides is 1. The van der Waals surface area contributed by atoms with Gasteiger partial charge in [0, 0.05) is 19.0 Å². The maximum atomic E-state index is 13.0. The van der Waals surface area contributed by atoms with E-state index < -0.39 is 0 Å². The van der Waals surface area contributed by atoms with E-state index in [2.05, 4.69) is 16.3 Å². The Morgan fingerprint density at radius 3 is 2.91 bits per heavy atom. The minimum Gasteiger partial charge on any atom is -0.493 e. The first-order valence-electron chi connectivity index (χ1n) is 8.96. The molecule has 0 saturated carbocycles. The van der Waals surface area contributed by atoms with E-state index in [0.29, 0.717) is 17.9 Å². The molecule has 4 nitrogen and oxygen atoms in total. The molecule has 1 atom stereocenters. The quantitative estimate of drug-likeness (QED) is 0.864. The Balaban J connectivity index is 1.45. The van der Waals surface area contributed by atoms with E-state index in [1.165, 1.54) is 24.8 Å². The fourth-order valence-corrected chi connectivity index (χ4v) is 4.45. The van der Waals surface area contributed by atoms with Crippen LogP contribution in [0.2, 0.25) is 0 Å². The number of nitrogens with zero attached hydrogens (tertiary/aromatic N) is 1. The van der Waals surface area contributed by atoms with Gasteiger partial charge in [0.1, 0.15) is 5.75 Å². The molecule has 3 heterocycles. The molecule has 4 rings (SSSR count). The van der Waals surface area contributed by atoms with Crippen molar-refractivity contribution >= 4 is 5.91 Å². The van der Waals surface area contributed by atoms with Gasteiger partial charge in [-0.15, -0.1) is 0 Å². The lowest BCUT2D eigenvalue weighted by Crippen LogP contribution is -2.41. The van der Waals surface area contributed by atoms with Gasteiger partial charge in [-0.3, -0.25) is 4.79 Å². The Morgan fingerprint density at radius 1 is 1.22 bits per heavy atom. The van der Waals surface area contributed by atoms with Crippen LogP contribution in [-0.4, -0.2) is 43.6 Å². The first-order chi connectivity index (χ1) is 11.3. The minimum absolute atomic E-state index is 0.0792. The second-order valence-electron chi connectivity index (χ2n) is 7.41. The summed E-state index contributed by atoms with van der Waals surface area (Å²) >= 11 is 0. The normalized spacial score (nSPS) is 26.4. The van der Waals surface area contributed by atoms with Crippen molar-refractivity contribution in [2.24, 2.45) is 11.3 Å². The second-order valence-corrected chi connectivity index (χ2v) is 7.41. The van der Waals surface area contributed by atoms with Gasteiger partial charge in [-0.2, -0.15) is 0 Å². The Labute approximate surface area is 138 Å². The predicted octanol–water partition coefficient (Wildman–Crippen LogP) is 2.23. The summed E-state index contributed by atoms with van der Waals surface area (Å²) in [5.41, 5.74) is 1.57. The topological polar surface area (TPSA) is 41.6 Å². The lowest BCUT2D eigenvalue weighted by Gasteiger charge is -2.34. The molecule has 0 bridgehead atoms. The van der Waals surface area contributed by atoms with Crippen molar-refractivity contribution in [3.63, 3.8) is 0 Å². The second kappa shape index (κ2) is 6.16. The molecular weight excluding hydrogens is 288 g/mol. The molecule has 23 heavy (non-hydrogen) atoms. The summed E-state index contributed by atoms with van der Waals surface area (Å²) in [4.78, 5) is 15.2. The van der Waals surface area contributed by atoms with Crippen molar-refractivity contribution < 1.29 is 9.53 Å². The van der Waals surface area contributed by atoms with E-state index in [0.717, 1.165) is 44.8 Å². The van der Waals surface area contributed by atoms with Crippen LogP contribution in [0, 0.1) is 11.3 Å². The number of hydrogen-bond acceptors (Lipinski definition) is 3. The number of piperidine rings is 1. The summed E-state index contributed by atoms with van der Waals surface area (Å²) in [7, 11) is 0. The van der Waals surface area contributed by atoms with Crippen molar-refractivity contribution in [1.82, 2.24) is 10.2 Å². The third-order valence-electron chi connectivity index (χ3n) is 5.93. The number of hydrogen-bond donors (Lipinski definition) is 1. The Bertz CT molecular complexity index is 580. The molecule has 3 aliphatic rings. The van der Waals surface area contributed by atoms with E-state index in [-0.39, 0.29) is 5.92 Å². The number of fused-ring (bicyclic) bond motifs is 1. The van der Waals surface area contributed by atoms with E-state index in [1.807, 2.05) is 18.2 Å². The van der Waals surface area contributed by atoms with Gasteiger partial charge < -0.3 is 15.0 Å². The molecule has 0 aromatic heterocycles. The van der Waals surface area contributed by atoms with Gasteiger partial charge in [-0.05, 0) is 62.2 Å². The average molecular weight is 314 g/mol. The Kier molecular flexibility index (Phi) is 4.02. The summed E-state index contributed by atoms with van der Waals surface area (Å²) in [5.74, 6) is 1.38. The van der Waals surface area contributed by atoms with Crippen LogP contribution in [-0.2, 0) is 11.2 Å². The van der Waals surface area contributed by atoms with Crippen molar-refractivity contribution in [3.8, 4) is 5.75 Å². The highest BCUT2D eigenvalue weighted by atomic mass is 16.5. The molecule has 1 aromatic rings. The summed E-state index contributed by atoms with van der Waals surface area (Å²) < 4.78 is 5.82. The predicted molar refractivity (Wildman–Crippen MR) is 89.5 cm³/mol. The first kappa shape index (κ1) is 15.0. The number of carbonyl (C=O) groups excluding carboxylic acids is 1. The third-order valence-corrected chi connectivity index (χ3v) is 5.93. The zero-order valence-electron chi connectivity index (χ0n) is 13.7. The molecule has 2 saturated heterocycles. The lowest BCUT2D eigenvalue weighted by atomic mass is 9.78. The molecule has 3 aliphatic heterocycles. The van der Waals surface area contributed by atoms with E-state index in [1.54, 1.807) is 0 Å². The number of rotatable bonds is 1. The Morgan fingerprint density at radius 2 is 2.04 bits per heavy atom. The number of para-hydroxylation sites is 1. The standard InChI is InChI=1S/C19H26N2O2/c22-18(21-11-8-19(14-21)6-9-20-10-7-19)16-5-12-23-17-4-2-1-3-15(17)13-16/h1-4,16,20H,5-14H2. The van der Waals surface area contributed by atoms with Crippen molar-refractivity contribution in [1.29, 1.82) is 0 Å². The molecule has 1 amide bonds. The molecule has 1 aromatic carbocycles. The van der Waals surface area contributed by atoms with Gasteiger partial charge in [-0.1, -0.05) is 18.2 Å². The zero-order chi connectivity index (χ0) is 15.7. The highest BCUT2D eigenvalue weighted by Crippen LogP contribution is 2.39. The SMILES string of the molecule is O=C(C1CCOc2ccccc2C1)N1CCC2(CCNCC2)C1. The van der Waals surface area contributed by atoms with Crippen LogP contribution in [0.5, 0.6) is 5.75 Å². The largest absolute Gasteiger partial charge is 0.493 e.